The van der Waals surface area contributed by atoms with Crippen LogP contribution in [0.15, 0.2) is 24.4 Å². The van der Waals surface area contributed by atoms with Crippen molar-refractivity contribution in [3.63, 3.8) is 0 Å². The first kappa shape index (κ1) is 19.8. The Hall–Kier alpha value is -2.47. The highest BCUT2D eigenvalue weighted by atomic mass is 35.5. The highest BCUT2D eigenvalue weighted by Crippen LogP contribution is 2.44. The number of hydrogen-bond acceptors (Lipinski definition) is 4. The summed E-state index contributed by atoms with van der Waals surface area (Å²) in [6.07, 6.45) is 4.03. The average Bonchev–Trinajstić information content (AvgIpc) is 3.43. The number of carboxylic acids is 1. The molecule has 0 bridgehead atoms. The topological polar surface area (TPSA) is 80.9 Å². The van der Waals surface area contributed by atoms with E-state index < -0.39 is 17.3 Å². The Morgan fingerprint density at radius 3 is 2.69 bits per heavy atom. The number of hydrogen-bond donors (Lipinski definition) is 1. The predicted molar refractivity (Wildman–Crippen MR) is 112 cm³/mol. The van der Waals surface area contributed by atoms with Gasteiger partial charge in [-0.2, -0.15) is 0 Å². The molecule has 0 amide bonds. The smallest absolute Gasteiger partial charge is 0.310 e. The molecule has 0 saturated heterocycles. The third-order valence-corrected chi connectivity index (χ3v) is 6.39. The van der Waals surface area contributed by atoms with Gasteiger partial charge in [0.25, 0.3) is 0 Å². The molecule has 2 heterocycles. The lowest BCUT2D eigenvalue weighted by molar-refractivity contribution is -0.147. The normalized spacial score (nSPS) is 15.6. The van der Waals surface area contributed by atoms with Gasteiger partial charge in [0.05, 0.1) is 17.0 Å². The monoisotopic (exact) mass is 412 g/mol. The molecule has 152 valence electrons. The van der Waals surface area contributed by atoms with Crippen molar-refractivity contribution in [3.05, 3.63) is 52.3 Å². The molecular weight excluding hydrogens is 388 g/mol. The fraction of sp³-hybridized carbons (Fsp3) is 0.455. The third kappa shape index (κ3) is 3.29. The largest absolute Gasteiger partial charge is 0.481 e. The number of nitrogens with zero attached hydrogens (tertiary/aromatic N) is 4. The van der Waals surface area contributed by atoms with Crippen LogP contribution in [0.1, 0.15) is 66.6 Å². The molecule has 4 rings (SSSR count). The number of carboxylic acid groups (broad SMARTS) is 1. The molecule has 1 saturated carbocycles. The quantitative estimate of drug-likeness (QED) is 0.590. The molecule has 1 aliphatic carbocycles. The Morgan fingerprint density at radius 1 is 1.34 bits per heavy atom. The van der Waals surface area contributed by atoms with Gasteiger partial charge in [-0.25, -0.2) is 4.68 Å². The summed E-state index contributed by atoms with van der Waals surface area (Å²) >= 11 is 6.10. The number of rotatable bonds is 6. The molecule has 7 heteroatoms. The number of carbonyl (C=O) groups is 1. The van der Waals surface area contributed by atoms with Gasteiger partial charge in [-0.05, 0) is 68.9 Å². The van der Waals surface area contributed by atoms with Crippen LogP contribution in [-0.4, -0.2) is 31.1 Å². The van der Waals surface area contributed by atoms with Crippen LogP contribution in [0.4, 0.5) is 0 Å². The van der Waals surface area contributed by atoms with Crippen molar-refractivity contribution in [2.75, 3.05) is 0 Å². The molecule has 29 heavy (non-hydrogen) atoms. The van der Waals surface area contributed by atoms with Gasteiger partial charge in [0.1, 0.15) is 5.52 Å². The minimum Gasteiger partial charge on any atom is -0.481 e. The summed E-state index contributed by atoms with van der Waals surface area (Å²) in [5.41, 5.74) is 5.29. The van der Waals surface area contributed by atoms with Crippen LogP contribution in [0.5, 0.6) is 0 Å². The Labute approximate surface area is 174 Å². The second kappa shape index (κ2) is 7.10. The third-order valence-electron chi connectivity index (χ3n) is 6.11. The van der Waals surface area contributed by atoms with Crippen LogP contribution in [0, 0.1) is 19.3 Å². The Balaban J connectivity index is 1.92. The number of aliphatic carboxylic acids is 1. The van der Waals surface area contributed by atoms with E-state index in [1.54, 1.807) is 20.0 Å². The van der Waals surface area contributed by atoms with E-state index in [9.17, 15) is 9.90 Å². The molecule has 3 aromatic rings. The molecule has 0 aliphatic heterocycles. The number of fused-ring (bicyclic) bond motifs is 1. The second-order valence-corrected chi connectivity index (χ2v) is 8.79. The fourth-order valence-corrected chi connectivity index (χ4v) is 4.32. The number of benzene rings is 1. The molecule has 0 radical (unpaired) electrons. The van der Waals surface area contributed by atoms with Crippen molar-refractivity contribution in [1.82, 2.24) is 20.0 Å². The zero-order valence-electron chi connectivity index (χ0n) is 17.1. The summed E-state index contributed by atoms with van der Waals surface area (Å²) in [6.45, 7) is 7.42. The number of pyridine rings is 1. The molecular formula is C22H25ClN4O2. The van der Waals surface area contributed by atoms with Crippen LogP contribution in [-0.2, 0) is 10.7 Å². The van der Waals surface area contributed by atoms with Crippen LogP contribution in [0.25, 0.3) is 11.0 Å². The standard InChI is InChI=1S/C22H25ClN4O2/c1-12-17(7-8-18-20(12)25-26-27(18)16-5-6-16)19(22(3,4)21(28)29)15-9-14(10-23)13(2)24-11-15/h7-9,11,16,19H,5-6,10H2,1-4H3,(H,28,29)/t19-/m1/s1. The maximum absolute atomic E-state index is 12.2. The van der Waals surface area contributed by atoms with Gasteiger partial charge < -0.3 is 5.11 Å². The van der Waals surface area contributed by atoms with E-state index in [0.717, 1.165) is 51.8 Å². The maximum atomic E-state index is 12.2. The van der Waals surface area contributed by atoms with E-state index in [1.807, 2.05) is 36.7 Å². The first-order chi connectivity index (χ1) is 13.8. The van der Waals surface area contributed by atoms with Crippen LogP contribution >= 0.6 is 11.6 Å². The van der Waals surface area contributed by atoms with Gasteiger partial charge in [0, 0.05) is 23.7 Å². The predicted octanol–water partition coefficient (Wildman–Crippen LogP) is 4.76. The number of halogens is 1. The highest BCUT2D eigenvalue weighted by Gasteiger charge is 2.40. The molecule has 1 aliphatic rings. The van der Waals surface area contributed by atoms with E-state index in [0.29, 0.717) is 11.9 Å². The van der Waals surface area contributed by atoms with Gasteiger partial charge in [0.2, 0.25) is 0 Å². The molecule has 1 aromatic carbocycles. The lowest BCUT2D eigenvalue weighted by Crippen LogP contribution is -2.32. The molecule has 0 spiro atoms. The summed E-state index contributed by atoms with van der Waals surface area (Å²) in [5.74, 6) is -0.928. The first-order valence-corrected chi connectivity index (χ1v) is 10.4. The first-order valence-electron chi connectivity index (χ1n) is 9.84. The zero-order chi connectivity index (χ0) is 20.9. The Morgan fingerprint density at radius 2 is 2.07 bits per heavy atom. The van der Waals surface area contributed by atoms with Gasteiger partial charge in [-0.15, -0.1) is 16.7 Å². The molecule has 0 unspecified atom stereocenters. The molecule has 1 N–H and O–H groups in total. The van der Waals surface area contributed by atoms with Crippen molar-refractivity contribution in [2.24, 2.45) is 5.41 Å². The zero-order valence-corrected chi connectivity index (χ0v) is 17.9. The van der Waals surface area contributed by atoms with Crippen LogP contribution in [0.2, 0.25) is 0 Å². The van der Waals surface area contributed by atoms with Crippen molar-refractivity contribution in [2.45, 2.75) is 58.4 Å². The van der Waals surface area contributed by atoms with Crippen molar-refractivity contribution < 1.29 is 9.90 Å². The molecule has 6 nitrogen and oxygen atoms in total. The Kier molecular flexibility index (Phi) is 4.85. The van der Waals surface area contributed by atoms with Crippen molar-refractivity contribution >= 4 is 28.6 Å². The molecule has 1 atom stereocenters. The van der Waals surface area contributed by atoms with E-state index in [2.05, 4.69) is 15.3 Å². The summed E-state index contributed by atoms with van der Waals surface area (Å²) in [7, 11) is 0. The summed E-state index contributed by atoms with van der Waals surface area (Å²) in [4.78, 5) is 16.7. The SMILES string of the molecule is Cc1ncc([C@H](c2ccc3c(nnn3C3CC3)c2C)C(C)(C)C(=O)O)cc1CCl. The molecule has 1 fully saturated rings. The number of aromatic nitrogens is 4. The van der Waals surface area contributed by atoms with E-state index in [4.69, 9.17) is 11.6 Å². The summed E-state index contributed by atoms with van der Waals surface area (Å²) in [6, 6.07) is 6.46. The van der Waals surface area contributed by atoms with Gasteiger partial charge >= 0.3 is 5.97 Å². The van der Waals surface area contributed by atoms with E-state index in [-0.39, 0.29) is 0 Å². The minimum atomic E-state index is -1.05. The van der Waals surface area contributed by atoms with E-state index >= 15 is 0 Å². The van der Waals surface area contributed by atoms with Crippen molar-refractivity contribution in [1.29, 1.82) is 0 Å². The summed E-state index contributed by atoms with van der Waals surface area (Å²) in [5, 5.41) is 18.8. The van der Waals surface area contributed by atoms with Gasteiger partial charge in [-0.1, -0.05) is 17.3 Å². The number of alkyl halides is 1. The average molecular weight is 413 g/mol. The maximum Gasteiger partial charge on any atom is 0.310 e. The van der Waals surface area contributed by atoms with Crippen LogP contribution < -0.4 is 0 Å². The molecule has 2 aromatic heterocycles. The number of aryl methyl sites for hydroxylation is 2. The Bertz CT molecular complexity index is 1100. The fourth-order valence-electron chi connectivity index (χ4n) is 4.05. The van der Waals surface area contributed by atoms with E-state index in [1.165, 1.54) is 0 Å². The van der Waals surface area contributed by atoms with Crippen molar-refractivity contribution in [3.8, 4) is 0 Å². The van der Waals surface area contributed by atoms with Crippen LogP contribution in [0.3, 0.4) is 0 Å². The highest BCUT2D eigenvalue weighted by molar-refractivity contribution is 6.17. The minimum absolute atomic E-state index is 0.334. The van der Waals surface area contributed by atoms with Gasteiger partial charge in [-0.3, -0.25) is 9.78 Å². The second-order valence-electron chi connectivity index (χ2n) is 8.52. The van der Waals surface area contributed by atoms with Gasteiger partial charge in [0.15, 0.2) is 0 Å². The summed E-state index contributed by atoms with van der Waals surface area (Å²) < 4.78 is 1.99. The lowest BCUT2D eigenvalue weighted by atomic mass is 9.70. The lowest BCUT2D eigenvalue weighted by Gasteiger charge is -2.32.